The third-order valence-corrected chi connectivity index (χ3v) is 3.78. The Morgan fingerprint density at radius 2 is 2.38 bits per heavy atom. The molecule has 0 spiro atoms. The number of imidazole rings is 1. The molecule has 16 heavy (non-hydrogen) atoms. The molecule has 0 bridgehead atoms. The molecule has 1 aliphatic rings. The molecule has 1 fully saturated rings. The first kappa shape index (κ1) is 10.1. The lowest BCUT2D eigenvalue weighted by Crippen LogP contribution is -2.30. The van der Waals surface area contributed by atoms with Gasteiger partial charge >= 0.3 is 0 Å². The van der Waals surface area contributed by atoms with E-state index in [4.69, 9.17) is 0 Å². The number of nitrogens with zero attached hydrogens (tertiary/aromatic N) is 1. The van der Waals surface area contributed by atoms with E-state index in [0.29, 0.717) is 0 Å². The summed E-state index contributed by atoms with van der Waals surface area (Å²) >= 11 is 1.91. The Kier molecular flexibility index (Phi) is 2.57. The smallest absolute Gasteiger partial charge is 0.125 e. The van der Waals surface area contributed by atoms with E-state index in [1.54, 1.807) is 6.07 Å². The van der Waals surface area contributed by atoms with Crippen LogP contribution in [0.25, 0.3) is 11.0 Å². The van der Waals surface area contributed by atoms with Crippen LogP contribution in [0.5, 0.6) is 0 Å². The molecule has 3 nitrogen and oxygen atoms in total. The summed E-state index contributed by atoms with van der Waals surface area (Å²) in [5, 5.41) is 3.40. The normalized spacial score (nSPS) is 21.4. The molecule has 0 amide bonds. The standard InChI is InChI=1S/C11H12FN3S/c12-7-1-2-8-9(5-7)15-11(14-8)10-6-16-4-3-13-10/h1-2,5,10,13H,3-4,6H2,(H,14,15). The number of aromatic amines is 1. The van der Waals surface area contributed by atoms with E-state index in [9.17, 15) is 4.39 Å². The monoisotopic (exact) mass is 237 g/mol. The number of nitrogens with one attached hydrogen (secondary N) is 2. The molecule has 5 heteroatoms. The van der Waals surface area contributed by atoms with E-state index in [1.807, 2.05) is 11.8 Å². The third-order valence-electron chi connectivity index (χ3n) is 2.71. The van der Waals surface area contributed by atoms with Crippen LogP contribution in [0, 0.1) is 5.82 Å². The van der Waals surface area contributed by atoms with Gasteiger partial charge in [-0.25, -0.2) is 9.37 Å². The van der Waals surface area contributed by atoms with Crippen LogP contribution in [-0.2, 0) is 0 Å². The highest BCUT2D eigenvalue weighted by atomic mass is 32.2. The van der Waals surface area contributed by atoms with Crippen molar-refractivity contribution in [2.75, 3.05) is 18.1 Å². The molecular formula is C11H12FN3S. The van der Waals surface area contributed by atoms with Crippen LogP contribution in [0.3, 0.4) is 0 Å². The molecule has 84 valence electrons. The average Bonchev–Trinajstić information content (AvgIpc) is 2.73. The highest BCUT2D eigenvalue weighted by molar-refractivity contribution is 7.99. The van der Waals surface area contributed by atoms with Crippen LogP contribution in [0.1, 0.15) is 11.9 Å². The molecule has 2 aromatic rings. The molecule has 3 rings (SSSR count). The summed E-state index contributed by atoms with van der Waals surface area (Å²) < 4.78 is 13.0. The zero-order valence-electron chi connectivity index (χ0n) is 8.66. The molecular weight excluding hydrogens is 225 g/mol. The number of hydrogen-bond acceptors (Lipinski definition) is 3. The molecule has 1 aliphatic heterocycles. The predicted molar refractivity (Wildman–Crippen MR) is 64.1 cm³/mol. The van der Waals surface area contributed by atoms with Gasteiger partial charge in [-0.1, -0.05) is 0 Å². The van der Waals surface area contributed by atoms with Crippen LogP contribution in [0.4, 0.5) is 4.39 Å². The maximum atomic E-state index is 13.0. The maximum Gasteiger partial charge on any atom is 0.125 e. The van der Waals surface area contributed by atoms with E-state index in [2.05, 4.69) is 15.3 Å². The summed E-state index contributed by atoms with van der Waals surface area (Å²) in [5.74, 6) is 2.84. The fraction of sp³-hybridized carbons (Fsp3) is 0.364. The van der Waals surface area contributed by atoms with Crippen molar-refractivity contribution in [1.82, 2.24) is 15.3 Å². The van der Waals surface area contributed by atoms with Crippen molar-refractivity contribution in [2.24, 2.45) is 0 Å². The topological polar surface area (TPSA) is 40.7 Å². The SMILES string of the molecule is Fc1ccc2nc(C3CSCCN3)[nH]c2c1. The van der Waals surface area contributed by atoms with Gasteiger partial charge in [0, 0.05) is 18.1 Å². The molecule has 0 radical (unpaired) electrons. The number of aromatic nitrogens is 2. The van der Waals surface area contributed by atoms with Crippen molar-refractivity contribution in [2.45, 2.75) is 6.04 Å². The highest BCUT2D eigenvalue weighted by Crippen LogP contribution is 2.22. The molecule has 1 atom stereocenters. The van der Waals surface area contributed by atoms with Crippen LogP contribution < -0.4 is 5.32 Å². The molecule has 1 aromatic carbocycles. The van der Waals surface area contributed by atoms with Crippen molar-refractivity contribution in [1.29, 1.82) is 0 Å². The Morgan fingerprint density at radius 1 is 1.44 bits per heavy atom. The van der Waals surface area contributed by atoms with Gasteiger partial charge in [0.05, 0.1) is 17.1 Å². The molecule has 2 heterocycles. The zero-order chi connectivity index (χ0) is 11.0. The van der Waals surface area contributed by atoms with Crippen LogP contribution in [0.2, 0.25) is 0 Å². The largest absolute Gasteiger partial charge is 0.341 e. The fourth-order valence-electron chi connectivity index (χ4n) is 1.91. The van der Waals surface area contributed by atoms with Gasteiger partial charge in [0.15, 0.2) is 0 Å². The van der Waals surface area contributed by atoms with E-state index < -0.39 is 0 Å². The van der Waals surface area contributed by atoms with Crippen molar-refractivity contribution in [3.8, 4) is 0 Å². The average molecular weight is 237 g/mol. The van der Waals surface area contributed by atoms with Crippen molar-refractivity contribution in [3.05, 3.63) is 29.8 Å². The van der Waals surface area contributed by atoms with Crippen molar-refractivity contribution in [3.63, 3.8) is 0 Å². The summed E-state index contributed by atoms with van der Waals surface area (Å²) in [5.41, 5.74) is 1.60. The second kappa shape index (κ2) is 4.07. The summed E-state index contributed by atoms with van der Waals surface area (Å²) in [4.78, 5) is 7.66. The van der Waals surface area contributed by atoms with Gasteiger partial charge in [-0.15, -0.1) is 0 Å². The van der Waals surface area contributed by atoms with Crippen molar-refractivity contribution >= 4 is 22.8 Å². The minimum Gasteiger partial charge on any atom is -0.341 e. The van der Waals surface area contributed by atoms with Crippen LogP contribution in [-0.4, -0.2) is 28.0 Å². The third kappa shape index (κ3) is 1.81. The minimum absolute atomic E-state index is 0.228. The first-order chi connectivity index (χ1) is 7.83. The quantitative estimate of drug-likeness (QED) is 0.798. The number of rotatable bonds is 1. The Hall–Kier alpha value is -1.07. The maximum absolute atomic E-state index is 13.0. The highest BCUT2D eigenvalue weighted by Gasteiger charge is 2.18. The first-order valence-corrected chi connectivity index (χ1v) is 6.45. The lowest BCUT2D eigenvalue weighted by molar-refractivity contribution is 0.571. The number of halogens is 1. The van der Waals surface area contributed by atoms with Gasteiger partial charge in [0.2, 0.25) is 0 Å². The Morgan fingerprint density at radius 3 is 3.19 bits per heavy atom. The number of thioether (sulfide) groups is 1. The number of H-pyrrole nitrogens is 1. The molecule has 1 saturated heterocycles. The Bertz CT molecular complexity index is 505. The van der Waals surface area contributed by atoms with Gasteiger partial charge in [-0.3, -0.25) is 0 Å². The van der Waals surface area contributed by atoms with E-state index in [0.717, 1.165) is 34.9 Å². The summed E-state index contributed by atoms with van der Waals surface area (Å²) in [6.45, 7) is 1.00. The summed E-state index contributed by atoms with van der Waals surface area (Å²) in [7, 11) is 0. The molecule has 2 N–H and O–H groups in total. The lowest BCUT2D eigenvalue weighted by Gasteiger charge is -2.20. The number of fused-ring (bicyclic) bond motifs is 1. The molecule has 0 aliphatic carbocycles. The van der Waals surface area contributed by atoms with Crippen LogP contribution in [0.15, 0.2) is 18.2 Å². The van der Waals surface area contributed by atoms with E-state index in [-0.39, 0.29) is 11.9 Å². The fourth-order valence-corrected chi connectivity index (χ4v) is 2.85. The Labute approximate surface area is 96.8 Å². The van der Waals surface area contributed by atoms with Gasteiger partial charge in [0.25, 0.3) is 0 Å². The molecule has 1 unspecified atom stereocenters. The number of benzene rings is 1. The zero-order valence-corrected chi connectivity index (χ0v) is 9.48. The van der Waals surface area contributed by atoms with Gasteiger partial charge < -0.3 is 10.3 Å². The van der Waals surface area contributed by atoms with Gasteiger partial charge in [-0.05, 0) is 18.2 Å². The molecule has 0 saturated carbocycles. The number of hydrogen-bond donors (Lipinski definition) is 2. The van der Waals surface area contributed by atoms with Gasteiger partial charge in [0.1, 0.15) is 11.6 Å². The lowest BCUT2D eigenvalue weighted by atomic mass is 10.3. The van der Waals surface area contributed by atoms with Crippen LogP contribution >= 0.6 is 11.8 Å². The first-order valence-electron chi connectivity index (χ1n) is 5.29. The van der Waals surface area contributed by atoms with E-state index in [1.165, 1.54) is 12.1 Å². The van der Waals surface area contributed by atoms with Gasteiger partial charge in [-0.2, -0.15) is 11.8 Å². The second-order valence-corrected chi connectivity index (χ2v) is 5.01. The molecule has 1 aromatic heterocycles. The summed E-state index contributed by atoms with van der Waals surface area (Å²) in [6.07, 6.45) is 0. The van der Waals surface area contributed by atoms with Crippen molar-refractivity contribution < 1.29 is 4.39 Å². The second-order valence-electron chi connectivity index (χ2n) is 3.87. The predicted octanol–water partition coefficient (Wildman–Crippen LogP) is 2.08. The minimum atomic E-state index is -0.228. The summed E-state index contributed by atoms with van der Waals surface area (Å²) in [6, 6.07) is 4.90. The van der Waals surface area contributed by atoms with E-state index >= 15 is 0 Å². The Balaban J connectivity index is 1.97.